The number of carbonyl (C=O) groups excluding carboxylic acids is 2. The maximum atomic E-state index is 12.1. The molecule has 0 unspecified atom stereocenters. The van der Waals surface area contributed by atoms with Crippen LogP contribution < -0.4 is 5.32 Å². The predicted octanol–water partition coefficient (Wildman–Crippen LogP) is 2.42. The molecule has 2 aliphatic rings. The Morgan fingerprint density at radius 2 is 2.20 bits per heavy atom. The standard InChI is InChI=1S/C14H16BrN3O2/c1-2-13(19)17-7-11(8-17)18-6-9-3-4-10(15)5-12(9)16-14(18)20/h3-5,11H,2,6-8H2,1H3,(H,16,20). The second-order valence-electron chi connectivity index (χ2n) is 5.17. The van der Waals surface area contributed by atoms with Gasteiger partial charge in [-0.25, -0.2) is 4.79 Å². The van der Waals surface area contributed by atoms with Gasteiger partial charge in [-0.05, 0) is 17.7 Å². The molecule has 1 aromatic carbocycles. The van der Waals surface area contributed by atoms with Crippen LogP contribution in [-0.4, -0.2) is 40.9 Å². The van der Waals surface area contributed by atoms with Gasteiger partial charge >= 0.3 is 6.03 Å². The monoisotopic (exact) mass is 337 g/mol. The number of amides is 3. The number of benzene rings is 1. The molecule has 0 bridgehead atoms. The van der Waals surface area contributed by atoms with Gasteiger partial charge in [0, 0.05) is 36.2 Å². The minimum absolute atomic E-state index is 0.0794. The summed E-state index contributed by atoms with van der Waals surface area (Å²) in [5.74, 6) is 0.156. The van der Waals surface area contributed by atoms with Crippen molar-refractivity contribution >= 4 is 33.6 Å². The van der Waals surface area contributed by atoms with Gasteiger partial charge in [-0.3, -0.25) is 4.79 Å². The minimum Gasteiger partial charge on any atom is -0.338 e. The molecule has 106 valence electrons. The third-order valence-electron chi connectivity index (χ3n) is 3.87. The first kappa shape index (κ1) is 13.4. The van der Waals surface area contributed by atoms with Gasteiger partial charge in [-0.1, -0.05) is 28.9 Å². The van der Waals surface area contributed by atoms with Crippen LogP contribution in [0.4, 0.5) is 10.5 Å². The maximum absolute atomic E-state index is 12.1. The molecular formula is C14H16BrN3O2. The molecule has 1 fully saturated rings. The molecule has 0 radical (unpaired) electrons. The molecule has 20 heavy (non-hydrogen) atoms. The molecule has 2 heterocycles. The first-order valence-electron chi connectivity index (χ1n) is 6.72. The number of likely N-dealkylation sites (tertiary alicyclic amines) is 1. The molecule has 0 aliphatic carbocycles. The van der Waals surface area contributed by atoms with Crippen LogP contribution >= 0.6 is 15.9 Å². The summed E-state index contributed by atoms with van der Waals surface area (Å²) in [6.07, 6.45) is 0.524. The summed E-state index contributed by atoms with van der Waals surface area (Å²) in [6.45, 7) is 3.75. The van der Waals surface area contributed by atoms with E-state index in [0.29, 0.717) is 26.1 Å². The number of fused-ring (bicyclic) bond motifs is 1. The average molecular weight is 338 g/mol. The highest BCUT2D eigenvalue weighted by Gasteiger charge is 2.38. The number of anilines is 1. The van der Waals surface area contributed by atoms with Gasteiger partial charge in [0.1, 0.15) is 0 Å². The van der Waals surface area contributed by atoms with Crippen molar-refractivity contribution in [1.29, 1.82) is 0 Å². The lowest BCUT2D eigenvalue weighted by molar-refractivity contribution is -0.137. The Morgan fingerprint density at radius 1 is 1.45 bits per heavy atom. The summed E-state index contributed by atoms with van der Waals surface area (Å²) in [5, 5.41) is 2.91. The molecule has 6 heteroatoms. The van der Waals surface area contributed by atoms with Crippen molar-refractivity contribution in [2.75, 3.05) is 18.4 Å². The summed E-state index contributed by atoms with van der Waals surface area (Å²) in [4.78, 5) is 27.3. The molecule has 0 atom stereocenters. The minimum atomic E-state index is -0.0794. The summed E-state index contributed by atoms with van der Waals surface area (Å²) in [5.41, 5.74) is 1.97. The van der Waals surface area contributed by atoms with Crippen molar-refractivity contribution in [1.82, 2.24) is 9.80 Å². The van der Waals surface area contributed by atoms with Crippen LogP contribution in [0.25, 0.3) is 0 Å². The Morgan fingerprint density at radius 3 is 2.90 bits per heavy atom. The van der Waals surface area contributed by atoms with Crippen LogP contribution in [0.2, 0.25) is 0 Å². The molecule has 3 rings (SSSR count). The lowest BCUT2D eigenvalue weighted by atomic mass is 10.0. The molecule has 1 N–H and O–H groups in total. The van der Waals surface area contributed by atoms with Crippen LogP contribution in [0.1, 0.15) is 18.9 Å². The van der Waals surface area contributed by atoms with E-state index in [9.17, 15) is 9.59 Å². The fourth-order valence-corrected chi connectivity index (χ4v) is 2.98. The quantitative estimate of drug-likeness (QED) is 0.900. The second-order valence-corrected chi connectivity index (χ2v) is 6.08. The van der Waals surface area contributed by atoms with Crippen molar-refractivity contribution in [2.24, 2.45) is 0 Å². The van der Waals surface area contributed by atoms with E-state index in [0.717, 1.165) is 15.7 Å². The zero-order chi connectivity index (χ0) is 14.3. The van der Waals surface area contributed by atoms with Gasteiger partial charge in [-0.15, -0.1) is 0 Å². The summed E-state index contributed by atoms with van der Waals surface area (Å²) in [7, 11) is 0. The maximum Gasteiger partial charge on any atom is 0.322 e. The molecular weight excluding hydrogens is 322 g/mol. The van der Waals surface area contributed by atoms with E-state index in [1.54, 1.807) is 4.90 Å². The van der Waals surface area contributed by atoms with Crippen LogP contribution in [-0.2, 0) is 11.3 Å². The Bertz CT molecular complexity index is 570. The van der Waals surface area contributed by atoms with Gasteiger partial charge in [0.2, 0.25) is 5.91 Å². The highest BCUT2D eigenvalue weighted by molar-refractivity contribution is 9.10. The number of nitrogens with zero attached hydrogens (tertiary/aromatic N) is 2. The van der Waals surface area contributed by atoms with E-state index in [-0.39, 0.29) is 18.0 Å². The number of halogens is 1. The lowest BCUT2D eigenvalue weighted by Gasteiger charge is -2.46. The molecule has 1 saturated heterocycles. The summed E-state index contributed by atoms with van der Waals surface area (Å²) in [6, 6.07) is 5.95. The summed E-state index contributed by atoms with van der Waals surface area (Å²) < 4.78 is 0.952. The highest BCUT2D eigenvalue weighted by atomic mass is 79.9. The topological polar surface area (TPSA) is 52.7 Å². The van der Waals surface area contributed by atoms with Gasteiger partial charge in [-0.2, -0.15) is 0 Å². The highest BCUT2D eigenvalue weighted by Crippen LogP contribution is 2.29. The van der Waals surface area contributed by atoms with Gasteiger partial charge in [0.25, 0.3) is 0 Å². The van der Waals surface area contributed by atoms with Crippen molar-refractivity contribution in [3.05, 3.63) is 28.2 Å². The molecule has 2 aliphatic heterocycles. The average Bonchev–Trinajstić information content (AvgIpc) is 2.37. The number of nitrogens with one attached hydrogen (secondary N) is 1. The van der Waals surface area contributed by atoms with Gasteiger partial charge < -0.3 is 15.1 Å². The Hall–Kier alpha value is -1.56. The summed E-state index contributed by atoms with van der Waals surface area (Å²) >= 11 is 3.40. The first-order chi connectivity index (χ1) is 9.58. The van der Waals surface area contributed by atoms with Crippen molar-refractivity contribution in [2.45, 2.75) is 25.9 Å². The molecule has 0 spiro atoms. The van der Waals surface area contributed by atoms with E-state index < -0.39 is 0 Å². The van der Waals surface area contributed by atoms with Crippen LogP contribution in [0.15, 0.2) is 22.7 Å². The number of hydrogen-bond donors (Lipinski definition) is 1. The fourth-order valence-electron chi connectivity index (χ4n) is 2.62. The van der Waals surface area contributed by atoms with Crippen LogP contribution in [0, 0.1) is 0 Å². The Balaban J connectivity index is 1.70. The third-order valence-corrected chi connectivity index (χ3v) is 4.37. The predicted molar refractivity (Wildman–Crippen MR) is 79.4 cm³/mol. The number of rotatable bonds is 2. The van der Waals surface area contributed by atoms with Crippen molar-refractivity contribution < 1.29 is 9.59 Å². The smallest absolute Gasteiger partial charge is 0.322 e. The SMILES string of the molecule is CCC(=O)N1CC(N2Cc3ccc(Br)cc3NC2=O)C1. The van der Waals surface area contributed by atoms with Crippen molar-refractivity contribution in [3.63, 3.8) is 0 Å². The molecule has 1 aromatic rings. The molecule has 0 saturated carbocycles. The Labute approximate surface area is 126 Å². The number of carbonyl (C=O) groups is 2. The Kier molecular flexibility index (Phi) is 3.41. The zero-order valence-corrected chi connectivity index (χ0v) is 12.8. The van der Waals surface area contributed by atoms with Crippen LogP contribution in [0.3, 0.4) is 0 Å². The van der Waals surface area contributed by atoms with Gasteiger partial charge in [0.05, 0.1) is 6.04 Å². The third kappa shape index (κ3) is 2.28. The van der Waals surface area contributed by atoms with E-state index in [2.05, 4.69) is 21.2 Å². The largest absolute Gasteiger partial charge is 0.338 e. The second kappa shape index (κ2) is 5.09. The molecule has 5 nitrogen and oxygen atoms in total. The molecule has 0 aromatic heterocycles. The zero-order valence-electron chi connectivity index (χ0n) is 11.2. The first-order valence-corrected chi connectivity index (χ1v) is 7.51. The van der Waals surface area contributed by atoms with Crippen LogP contribution in [0.5, 0.6) is 0 Å². The molecule has 3 amide bonds. The number of urea groups is 1. The van der Waals surface area contributed by atoms with E-state index in [4.69, 9.17) is 0 Å². The van der Waals surface area contributed by atoms with Gasteiger partial charge in [0.15, 0.2) is 0 Å². The fraction of sp³-hybridized carbons (Fsp3) is 0.429. The van der Waals surface area contributed by atoms with Crippen molar-refractivity contribution in [3.8, 4) is 0 Å². The number of hydrogen-bond acceptors (Lipinski definition) is 2. The normalized spacial score (nSPS) is 18.4. The van der Waals surface area contributed by atoms with E-state index in [1.165, 1.54) is 0 Å². The van der Waals surface area contributed by atoms with E-state index >= 15 is 0 Å². The van der Waals surface area contributed by atoms with E-state index in [1.807, 2.05) is 30.0 Å². The lowest BCUT2D eigenvalue weighted by Crippen LogP contribution is -2.63.